The van der Waals surface area contributed by atoms with Gasteiger partial charge in [-0.2, -0.15) is 4.98 Å². The lowest BCUT2D eigenvalue weighted by Gasteiger charge is -2.20. The molecule has 98 valence electrons. The Balaban J connectivity index is 1.68. The second kappa shape index (κ2) is 4.35. The Morgan fingerprint density at radius 3 is 2.94 bits per heavy atom. The second-order valence-electron chi connectivity index (χ2n) is 5.34. The summed E-state index contributed by atoms with van der Waals surface area (Å²) < 4.78 is 5.20. The van der Waals surface area contributed by atoms with Crippen molar-refractivity contribution < 1.29 is 14.4 Å². The van der Waals surface area contributed by atoms with Crippen LogP contribution < -0.4 is 0 Å². The SMILES string of the molecule is CC1CCN(Cc2nc(C3CC3)no2)C1C(=O)O. The van der Waals surface area contributed by atoms with Crippen LogP contribution in [0.15, 0.2) is 4.52 Å². The number of carbonyl (C=O) groups is 1. The van der Waals surface area contributed by atoms with E-state index in [0.717, 1.165) is 31.6 Å². The topological polar surface area (TPSA) is 79.5 Å². The second-order valence-corrected chi connectivity index (χ2v) is 5.34. The number of likely N-dealkylation sites (tertiary alicyclic amines) is 1. The van der Waals surface area contributed by atoms with Gasteiger partial charge in [0.2, 0.25) is 5.89 Å². The van der Waals surface area contributed by atoms with E-state index < -0.39 is 12.0 Å². The number of carboxylic acids is 1. The first kappa shape index (κ1) is 11.6. The molecular weight excluding hydrogens is 234 g/mol. The molecule has 2 fully saturated rings. The van der Waals surface area contributed by atoms with Crippen LogP contribution in [0.4, 0.5) is 0 Å². The van der Waals surface area contributed by atoms with Gasteiger partial charge in [-0.05, 0) is 31.7 Å². The van der Waals surface area contributed by atoms with E-state index in [0.29, 0.717) is 18.4 Å². The number of hydrogen-bond acceptors (Lipinski definition) is 5. The fourth-order valence-corrected chi connectivity index (χ4v) is 2.62. The molecule has 1 saturated carbocycles. The molecule has 6 nitrogen and oxygen atoms in total. The Hall–Kier alpha value is -1.43. The lowest BCUT2D eigenvalue weighted by Crippen LogP contribution is -2.38. The molecule has 2 heterocycles. The van der Waals surface area contributed by atoms with Crippen molar-refractivity contribution in [3.05, 3.63) is 11.7 Å². The first-order valence-corrected chi connectivity index (χ1v) is 6.44. The molecule has 0 spiro atoms. The van der Waals surface area contributed by atoms with Gasteiger partial charge in [-0.3, -0.25) is 9.69 Å². The summed E-state index contributed by atoms with van der Waals surface area (Å²) in [5.41, 5.74) is 0. The average Bonchev–Trinajstić information content (AvgIpc) is 2.96. The van der Waals surface area contributed by atoms with Crippen molar-refractivity contribution in [3.63, 3.8) is 0 Å². The van der Waals surface area contributed by atoms with Gasteiger partial charge in [0.05, 0.1) is 6.54 Å². The van der Waals surface area contributed by atoms with E-state index in [9.17, 15) is 9.90 Å². The first-order valence-electron chi connectivity index (χ1n) is 6.44. The molecule has 0 bridgehead atoms. The fraction of sp³-hybridized carbons (Fsp3) is 0.750. The maximum absolute atomic E-state index is 11.2. The molecule has 2 unspecified atom stereocenters. The first-order chi connectivity index (χ1) is 8.65. The van der Waals surface area contributed by atoms with Crippen LogP contribution in [0, 0.1) is 5.92 Å². The van der Waals surface area contributed by atoms with Crippen molar-refractivity contribution in [2.24, 2.45) is 5.92 Å². The van der Waals surface area contributed by atoms with Crippen LogP contribution in [0.25, 0.3) is 0 Å². The standard InChI is InChI=1S/C12H17N3O3/c1-7-4-5-15(10(7)12(16)17)6-9-13-11(14-18-9)8-2-3-8/h7-8,10H,2-6H2,1H3,(H,16,17). The zero-order chi connectivity index (χ0) is 12.7. The van der Waals surface area contributed by atoms with Gasteiger partial charge in [0.15, 0.2) is 5.82 Å². The minimum absolute atomic E-state index is 0.174. The van der Waals surface area contributed by atoms with E-state index >= 15 is 0 Å². The zero-order valence-electron chi connectivity index (χ0n) is 10.4. The van der Waals surface area contributed by atoms with Gasteiger partial charge < -0.3 is 9.63 Å². The minimum Gasteiger partial charge on any atom is -0.480 e. The summed E-state index contributed by atoms with van der Waals surface area (Å²) in [4.78, 5) is 17.5. The third-order valence-electron chi connectivity index (χ3n) is 3.82. The van der Waals surface area contributed by atoms with Gasteiger partial charge in [0, 0.05) is 5.92 Å². The molecule has 1 aromatic rings. The van der Waals surface area contributed by atoms with Crippen molar-refractivity contribution in [2.45, 2.75) is 44.7 Å². The minimum atomic E-state index is -0.762. The number of carboxylic acid groups (broad SMARTS) is 1. The Morgan fingerprint density at radius 2 is 2.28 bits per heavy atom. The van der Waals surface area contributed by atoms with E-state index in [1.807, 2.05) is 11.8 Å². The molecule has 0 aromatic carbocycles. The van der Waals surface area contributed by atoms with E-state index in [2.05, 4.69) is 10.1 Å². The zero-order valence-corrected chi connectivity index (χ0v) is 10.4. The van der Waals surface area contributed by atoms with Gasteiger partial charge in [0.25, 0.3) is 0 Å². The summed E-state index contributed by atoms with van der Waals surface area (Å²) in [7, 11) is 0. The number of hydrogen-bond donors (Lipinski definition) is 1. The highest BCUT2D eigenvalue weighted by Crippen LogP contribution is 2.38. The fourth-order valence-electron chi connectivity index (χ4n) is 2.62. The lowest BCUT2D eigenvalue weighted by atomic mass is 10.0. The van der Waals surface area contributed by atoms with Crippen molar-refractivity contribution in [3.8, 4) is 0 Å². The predicted octanol–water partition coefficient (Wildman–Crippen LogP) is 1.24. The largest absolute Gasteiger partial charge is 0.480 e. The van der Waals surface area contributed by atoms with Crippen molar-refractivity contribution in [1.82, 2.24) is 15.0 Å². The van der Waals surface area contributed by atoms with Crippen molar-refractivity contribution >= 4 is 5.97 Å². The van der Waals surface area contributed by atoms with Crippen LogP contribution in [-0.4, -0.2) is 38.7 Å². The van der Waals surface area contributed by atoms with Crippen molar-refractivity contribution in [2.75, 3.05) is 6.54 Å². The molecule has 1 aliphatic carbocycles. The Bertz CT molecular complexity index is 455. The smallest absolute Gasteiger partial charge is 0.321 e. The number of rotatable bonds is 4. The van der Waals surface area contributed by atoms with E-state index in [4.69, 9.17) is 4.52 Å². The number of nitrogens with zero attached hydrogens (tertiary/aromatic N) is 3. The summed E-state index contributed by atoms with van der Waals surface area (Å²) >= 11 is 0. The summed E-state index contributed by atoms with van der Waals surface area (Å²) in [6.07, 6.45) is 3.18. The lowest BCUT2D eigenvalue weighted by molar-refractivity contribution is -0.143. The van der Waals surface area contributed by atoms with E-state index in [1.165, 1.54) is 0 Å². The molecule has 1 aromatic heterocycles. The van der Waals surface area contributed by atoms with Crippen LogP contribution >= 0.6 is 0 Å². The molecule has 18 heavy (non-hydrogen) atoms. The molecular formula is C12H17N3O3. The highest BCUT2D eigenvalue weighted by atomic mass is 16.5. The molecule has 0 amide bonds. The van der Waals surface area contributed by atoms with Crippen molar-refractivity contribution in [1.29, 1.82) is 0 Å². The molecule has 3 rings (SSSR count). The molecule has 2 aliphatic rings. The highest BCUT2D eigenvalue weighted by Gasteiger charge is 2.37. The summed E-state index contributed by atoms with van der Waals surface area (Å²) in [5, 5.41) is 13.2. The van der Waals surface area contributed by atoms with Crippen LogP contribution in [0.5, 0.6) is 0 Å². The maximum atomic E-state index is 11.2. The Morgan fingerprint density at radius 1 is 1.50 bits per heavy atom. The quantitative estimate of drug-likeness (QED) is 0.867. The Kier molecular flexibility index (Phi) is 2.81. The number of aliphatic carboxylic acids is 1. The molecule has 1 aliphatic heterocycles. The van der Waals surface area contributed by atoms with Crippen LogP contribution in [0.1, 0.15) is 43.8 Å². The third-order valence-corrected chi connectivity index (χ3v) is 3.82. The van der Waals surface area contributed by atoms with Crippen LogP contribution in [0.3, 0.4) is 0 Å². The van der Waals surface area contributed by atoms with E-state index in [1.54, 1.807) is 0 Å². The summed E-state index contributed by atoms with van der Waals surface area (Å²) in [6, 6.07) is -0.429. The van der Waals surface area contributed by atoms with Crippen LogP contribution in [0.2, 0.25) is 0 Å². The van der Waals surface area contributed by atoms with Gasteiger partial charge >= 0.3 is 5.97 Å². The van der Waals surface area contributed by atoms with E-state index in [-0.39, 0.29) is 5.92 Å². The Labute approximate surface area is 105 Å². The number of aromatic nitrogens is 2. The maximum Gasteiger partial charge on any atom is 0.321 e. The molecule has 1 N–H and O–H groups in total. The summed E-state index contributed by atoms with van der Waals surface area (Å²) in [5.74, 6) is 1.20. The molecule has 2 atom stereocenters. The normalized spacial score (nSPS) is 28.7. The molecule has 0 radical (unpaired) electrons. The third kappa shape index (κ3) is 2.12. The summed E-state index contributed by atoms with van der Waals surface area (Å²) in [6.45, 7) is 3.20. The highest BCUT2D eigenvalue weighted by molar-refractivity contribution is 5.74. The van der Waals surface area contributed by atoms with Gasteiger partial charge in [0.1, 0.15) is 6.04 Å². The van der Waals surface area contributed by atoms with Gasteiger partial charge in [-0.15, -0.1) is 0 Å². The van der Waals surface area contributed by atoms with Crippen LogP contribution in [-0.2, 0) is 11.3 Å². The predicted molar refractivity (Wildman–Crippen MR) is 61.9 cm³/mol. The molecule has 6 heteroatoms. The van der Waals surface area contributed by atoms with Gasteiger partial charge in [-0.1, -0.05) is 12.1 Å². The average molecular weight is 251 g/mol. The van der Waals surface area contributed by atoms with Gasteiger partial charge in [-0.25, -0.2) is 0 Å². The molecule has 1 saturated heterocycles. The monoisotopic (exact) mass is 251 g/mol.